The molecule has 0 unspecified atom stereocenters. The van der Waals surface area contributed by atoms with Crippen LogP contribution >= 0.6 is 0 Å². The standard InChI is InChI=1S/C21H23N3O/c1-23-13-5-11-19(23)20-12-6-14-24(20)15-21(25)22-18-10-4-8-16-7-2-3-9-17(16)18/h2-5,7-11,13,20H,6,12,14-15H2,1H3,(H,22,25)/t20-/m0/s1. The van der Waals surface area contributed by atoms with E-state index in [1.54, 1.807) is 0 Å². The maximum Gasteiger partial charge on any atom is 0.238 e. The van der Waals surface area contributed by atoms with E-state index in [1.165, 1.54) is 5.69 Å². The quantitative estimate of drug-likeness (QED) is 0.785. The van der Waals surface area contributed by atoms with Crippen LogP contribution < -0.4 is 5.32 Å². The van der Waals surface area contributed by atoms with Gasteiger partial charge in [-0.05, 0) is 43.0 Å². The number of likely N-dealkylation sites (tertiary alicyclic amines) is 1. The van der Waals surface area contributed by atoms with Crippen LogP contribution in [0, 0.1) is 0 Å². The highest BCUT2D eigenvalue weighted by atomic mass is 16.2. The molecule has 4 rings (SSSR count). The zero-order valence-corrected chi connectivity index (χ0v) is 14.5. The van der Waals surface area contributed by atoms with Gasteiger partial charge in [0.05, 0.1) is 12.6 Å². The first kappa shape index (κ1) is 15.9. The van der Waals surface area contributed by atoms with E-state index in [9.17, 15) is 4.79 Å². The Labute approximate surface area is 148 Å². The third kappa shape index (κ3) is 3.17. The van der Waals surface area contributed by atoms with Gasteiger partial charge in [0.25, 0.3) is 0 Å². The summed E-state index contributed by atoms with van der Waals surface area (Å²) in [5.41, 5.74) is 2.17. The van der Waals surface area contributed by atoms with Crippen LogP contribution in [0.2, 0.25) is 0 Å². The Hall–Kier alpha value is -2.59. The molecular formula is C21H23N3O. The maximum atomic E-state index is 12.7. The molecule has 4 nitrogen and oxygen atoms in total. The Kier molecular flexibility index (Phi) is 4.28. The Morgan fingerprint density at radius 1 is 1.12 bits per heavy atom. The molecule has 1 aliphatic heterocycles. The Morgan fingerprint density at radius 3 is 2.80 bits per heavy atom. The normalized spacial score (nSPS) is 17.9. The largest absolute Gasteiger partial charge is 0.353 e. The highest BCUT2D eigenvalue weighted by molar-refractivity contribution is 6.02. The van der Waals surface area contributed by atoms with Crippen molar-refractivity contribution in [3.8, 4) is 0 Å². The Bertz CT molecular complexity index is 894. The molecule has 25 heavy (non-hydrogen) atoms. The van der Waals surface area contributed by atoms with Crippen molar-refractivity contribution in [1.82, 2.24) is 9.47 Å². The van der Waals surface area contributed by atoms with E-state index in [0.29, 0.717) is 12.6 Å². The number of amides is 1. The lowest BCUT2D eigenvalue weighted by atomic mass is 10.1. The molecule has 1 N–H and O–H groups in total. The molecule has 2 heterocycles. The molecule has 3 aromatic rings. The molecule has 0 saturated carbocycles. The number of fused-ring (bicyclic) bond motifs is 1. The molecule has 2 aromatic carbocycles. The number of aromatic nitrogens is 1. The van der Waals surface area contributed by atoms with Crippen molar-refractivity contribution in [3.05, 3.63) is 66.5 Å². The highest BCUT2D eigenvalue weighted by Crippen LogP contribution is 2.31. The Morgan fingerprint density at radius 2 is 1.96 bits per heavy atom. The molecule has 0 spiro atoms. The van der Waals surface area contributed by atoms with Crippen LogP contribution in [0.25, 0.3) is 10.8 Å². The summed E-state index contributed by atoms with van der Waals surface area (Å²) in [5, 5.41) is 5.33. The second-order valence-corrected chi connectivity index (χ2v) is 6.75. The molecule has 1 fully saturated rings. The van der Waals surface area contributed by atoms with Crippen molar-refractivity contribution >= 4 is 22.4 Å². The van der Waals surface area contributed by atoms with Crippen LogP contribution in [0.5, 0.6) is 0 Å². The van der Waals surface area contributed by atoms with Crippen LogP contribution in [0.4, 0.5) is 5.69 Å². The molecule has 0 bridgehead atoms. The first-order valence-electron chi connectivity index (χ1n) is 8.85. The summed E-state index contributed by atoms with van der Waals surface area (Å²) in [6, 6.07) is 18.7. The third-order valence-electron chi connectivity index (χ3n) is 5.10. The monoisotopic (exact) mass is 333 g/mol. The SMILES string of the molecule is Cn1cccc1[C@@H]1CCCN1CC(=O)Nc1cccc2ccccc12. The van der Waals surface area contributed by atoms with Gasteiger partial charge in [0.1, 0.15) is 0 Å². The minimum Gasteiger partial charge on any atom is -0.353 e. The first-order chi connectivity index (χ1) is 12.2. The van der Waals surface area contributed by atoms with E-state index < -0.39 is 0 Å². The van der Waals surface area contributed by atoms with Crippen LogP contribution in [-0.2, 0) is 11.8 Å². The molecule has 1 atom stereocenters. The van der Waals surface area contributed by atoms with E-state index in [4.69, 9.17) is 0 Å². The zero-order valence-electron chi connectivity index (χ0n) is 14.5. The molecule has 128 valence electrons. The minimum atomic E-state index is 0.0532. The summed E-state index contributed by atoms with van der Waals surface area (Å²) in [4.78, 5) is 14.9. The average molecular weight is 333 g/mol. The average Bonchev–Trinajstić information content (AvgIpc) is 3.23. The van der Waals surface area contributed by atoms with Gasteiger partial charge in [0.2, 0.25) is 5.91 Å². The molecule has 4 heteroatoms. The summed E-state index contributed by atoms with van der Waals surface area (Å²) in [6.45, 7) is 1.40. The number of benzene rings is 2. The Balaban J connectivity index is 1.49. The predicted octanol–water partition coefficient (Wildman–Crippen LogP) is 3.95. The first-order valence-corrected chi connectivity index (χ1v) is 8.85. The molecule has 1 aliphatic rings. The lowest BCUT2D eigenvalue weighted by Crippen LogP contribution is -2.33. The van der Waals surface area contributed by atoms with E-state index in [2.05, 4.69) is 52.3 Å². The number of carbonyl (C=O) groups excluding carboxylic acids is 1. The summed E-state index contributed by atoms with van der Waals surface area (Å²) in [7, 11) is 2.07. The maximum absolute atomic E-state index is 12.7. The summed E-state index contributed by atoms with van der Waals surface area (Å²) < 4.78 is 2.16. The fraction of sp³-hybridized carbons (Fsp3) is 0.286. The van der Waals surface area contributed by atoms with Gasteiger partial charge in [-0.25, -0.2) is 0 Å². The van der Waals surface area contributed by atoms with Gasteiger partial charge in [-0.3, -0.25) is 9.69 Å². The summed E-state index contributed by atoms with van der Waals surface area (Å²) in [5.74, 6) is 0.0532. The van der Waals surface area contributed by atoms with Crippen molar-refractivity contribution < 1.29 is 4.79 Å². The lowest BCUT2D eigenvalue weighted by molar-refractivity contribution is -0.117. The van der Waals surface area contributed by atoms with Crippen LogP contribution in [0.3, 0.4) is 0 Å². The van der Waals surface area contributed by atoms with Crippen LogP contribution in [-0.4, -0.2) is 28.5 Å². The molecule has 1 amide bonds. The van der Waals surface area contributed by atoms with Crippen molar-refractivity contribution in [1.29, 1.82) is 0 Å². The second-order valence-electron chi connectivity index (χ2n) is 6.75. The van der Waals surface area contributed by atoms with Crippen LogP contribution in [0.1, 0.15) is 24.6 Å². The zero-order chi connectivity index (χ0) is 17.2. The molecule has 0 aliphatic carbocycles. The number of nitrogens with zero attached hydrogens (tertiary/aromatic N) is 2. The van der Waals surface area contributed by atoms with E-state index >= 15 is 0 Å². The fourth-order valence-corrected chi connectivity index (χ4v) is 3.88. The number of nitrogens with one attached hydrogen (secondary N) is 1. The number of anilines is 1. The number of carbonyl (C=O) groups is 1. The second kappa shape index (κ2) is 6.73. The van der Waals surface area contributed by atoms with Crippen molar-refractivity contribution in [2.45, 2.75) is 18.9 Å². The summed E-state index contributed by atoms with van der Waals surface area (Å²) in [6.07, 6.45) is 4.32. The van der Waals surface area contributed by atoms with E-state index in [1.807, 2.05) is 30.3 Å². The smallest absolute Gasteiger partial charge is 0.238 e. The van der Waals surface area contributed by atoms with Gasteiger partial charge >= 0.3 is 0 Å². The molecule has 1 saturated heterocycles. The van der Waals surface area contributed by atoms with E-state index in [0.717, 1.165) is 35.8 Å². The number of aryl methyl sites for hydroxylation is 1. The number of rotatable bonds is 4. The van der Waals surface area contributed by atoms with Crippen LogP contribution in [0.15, 0.2) is 60.8 Å². The number of hydrogen-bond donors (Lipinski definition) is 1. The van der Waals surface area contributed by atoms with Crippen molar-refractivity contribution in [3.63, 3.8) is 0 Å². The predicted molar refractivity (Wildman–Crippen MR) is 102 cm³/mol. The third-order valence-corrected chi connectivity index (χ3v) is 5.10. The van der Waals surface area contributed by atoms with Crippen molar-refractivity contribution in [2.75, 3.05) is 18.4 Å². The minimum absolute atomic E-state index is 0.0532. The van der Waals surface area contributed by atoms with Gasteiger partial charge in [-0.1, -0.05) is 36.4 Å². The van der Waals surface area contributed by atoms with Gasteiger partial charge in [0.15, 0.2) is 0 Å². The highest BCUT2D eigenvalue weighted by Gasteiger charge is 2.29. The van der Waals surface area contributed by atoms with Gasteiger partial charge in [-0.15, -0.1) is 0 Å². The van der Waals surface area contributed by atoms with Crippen molar-refractivity contribution in [2.24, 2.45) is 7.05 Å². The van der Waals surface area contributed by atoms with E-state index in [-0.39, 0.29) is 5.91 Å². The fourth-order valence-electron chi connectivity index (χ4n) is 3.88. The topological polar surface area (TPSA) is 37.3 Å². The lowest BCUT2D eigenvalue weighted by Gasteiger charge is -2.24. The van der Waals surface area contributed by atoms with Gasteiger partial charge in [-0.2, -0.15) is 0 Å². The molecule has 1 aromatic heterocycles. The molecule has 0 radical (unpaired) electrons. The van der Waals surface area contributed by atoms with Gasteiger partial charge < -0.3 is 9.88 Å². The van der Waals surface area contributed by atoms with Gasteiger partial charge in [0, 0.05) is 30.0 Å². The number of hydrogen-bond acceptors (Lipinski definition) is 2. The summed E-state index contributed by atoms with van der Waals surface area (Å²) >= 11 is 0. The molecular weight excluding hydrogens is 310 g/mol.